The molecule has 1 fully saturated rings. The van der Waals surface area contributed by atoms with Gasteiger partial charge in [0, 0.05) is 0 Å². The second kappa shape index (κ2) is 5.48. The summed E-state index contributed by atoms with van der Waals surface area (Å²) in [5.41, 5.74) is 1.18. The number of rotatable bonds is 2. The van der Waals surface area contributed by atoms with Gasteiger partial charge < -0.3 is 10.1 Å². The molecular formula is C14H18FNO2. The fraction of sp³-hybridized carbons (Fsp3) is 0.500. The first-order valence-electron chi connectivity index (χ1n) is 6.21. The zero-order chi connectivity index (χ0) is 13.1. The van der Waals surface area contributed by atoms with Gasteiger partial charge in [0.25, 0.3) is 0 Å². The molecule has 1 aromatic rings. The molecule has 0 spiro atoms. The van der Waals surface area contributed by atoms with Crippen LogP contribution in [0.2, 0.25) is 0 Å². The summed E-state index contributed by atoms with van der Waals surface area (Å²) in [6.45, 7) is 3.99. The van der Waals surface area contributed by atoms with Crippen molar-refractivity contribution in [1.82, 2.24) is 5.32 Å². The average Bonchev–Trinajstić information content (AvgIpc) is 2.37. The molecule has 0 aliphatic carbocycles. The number of ether oxygens (including phenoxy) is 1. The zero-order valence-electron chi connectivity index (χ0n) is 10.7. The Kier molecular flexibility index (Phi) is 3.97. The van der Waals surface area contributed by atoms with E-state index in [1.54, 1.807) is 6.07 Å². The average molecular weight is 251 g/mol. The predicted octanol–water partition coefficient (Wildman–Crippen LogP) is 2.33. The molecule has 1 N–H and O–H groups in total. The smallest absolute Gasteiger partial charge is 0.337 e. The van der Waals surface area contributed by atoms with Gasteiger partial charge in [-0.25, -0.2) is 9.18 Å². The predicted molar refractivity (Wildman–Crippen MR) is 67.1 cm³/mol. The molecule has 1 aliphatic heterocycles. The van der Waals surface area contributed by atoms with Crippen molar-refractivity contribution in [2.75, 3.05) is 20.2 Å². The van der Waals surface area contributed by atoms with Crippen molar-refractivity contribution in [3.8, 4) is 0 Å². The highest BCUT2D eigenvalue weighted by molar-refractivity contribution is 5.89. The van der Waals surface area contributed by atoms with E-state index in [1.165, 1.54) is 19.2 Å². The second-order valence-corrected chi connectivity index (χ2v) is 4.84. The van der Waals surface area contributed by atoms with Crippen molar-refractivity contribution in [2.24, 2.45) is 5.92 Å². The van der Waals surface area contributed by atoms with Crippen molar-refractivity contribution in [2.45, 2.75) is 19.3 Å². The maximum absolute atomic E-state index is 13.6. The molecule has 1 heterocycles. The Hall–Kier alpha value is -1.42. The molecule has 98 valence electrons. The minimum Gasteiger partial charge on any atom is -0.465 e. The van der Waals surface area contributed by atoms with E-state index >= 15 is 0 Å². The maximum Gasteiger partial charge on any atom is 0.337 e. The van der Waals surface area contributed by atoms with E-state index in [2.05, 4.69) is 17.0 Å². The number of carbonyl (C=O) groups excluding carboxylic acids is 1. The molecule has 0 radical (unpaired) electrons. The third-order valence-corrected chi connectivity index (χ3v) is 3.55. The normalized spacial score (nSPS) is 23.7. The van der Waals surface area contributed by atoms with Crippen LogP contribution in [-0.2, 0) is 4.74 Å². The van der Waals surface area contributed by atoms with Gasteiger partial charge in [0.1, 0.15) is 5.82 Å². The molecule has 0 bridgehead atoms. The second-order valence-electron chi connectivity index (χ2n) is 4.84. The number of piperidine rings is 1. The van der Waals surface area contributed by atoms with Gasteiger partial charge in [-0.05, 0) is 55.1 Å². The number of esters is 1. The van der Waals surface area contributed by atoms with E-state index < -0.39 is 5.97 Å². The molecule has 3 nitrogen and oxygen atoms in total. The minimum atomic E-state index is -0.489. The van der Waals surface area contributed by atoms with Crippen molar-refractivity contribution < 1.29 is 13.9 Å². The molecule has 4 heteroatoms. The quantitative estimate of drug-likeness (QED) is 0.820. The van der Waals surface area contributed by atoms with Crippen LogP contribution < -0.4 is 5.32 Å². The molecule has 0 aromatic heterocycles. The van der Waals surface area contributed by atoms with E-state index in [4.69, 9.17) is 0 Å². The lowest BCUT2D eigenvalue weighted by molar-refractivity contribution is 0.0600. The van der Waals surface area contributed by atoms with Gasteiger partial charge in [-0.1, -0.05) is 6.92 Å². The van der Waals surface area contributed by atoms with E-state index in [-0.39, 0.29) is 5.82 Å². The van der Waals surface area contributed by atoms with Gasteiger partial charge in [0.2, 0.25) is 0 Å². The zero-order valence-corrected chi connectivity index (χ0v) is 10.7. The van der Waals surface area contributed by atoms with E-state index in [9.17, 15) is 9.18 Å². The van der Waals surface area contributed by atoms with Crippen LogP contribution in [0, 0.1) is 11.7 Å². The summed E-state index contributed by atoms with van der Waals surface area (Å²) in [6, 6.07) is 4.50. The first-order valence-corrected chi connectivity index (χ1v) is 6.21. The lowest BCUT2D eigenvalue weighted by Crippen LogP contribution is -2.33. The number of methoxy groups -OCH3 is 1. The van der Waals surface area contributed by atoms with Gasteiger partial charge in [-0.3, -0.25) is 0 Å². The van der Waals surface area contributed by atoms with E-state index in [0.717, 1.165) is 25.1 Å². The summed E-state index contributed by atoms with van der Waals surface area (Å²) < 4.78 is 18.2. The fourth-order valence-electron chi connectivity index (χ4n) is 2.57. The van der Waals surface area contributed by atoms with Crippen LogP contribution >= 0.6 is 0 Å². The van der Waals surface area contributed by atoms with Crippen LogP contribution in [0.4, 0.5) is 4.39 Å². The van der Waals surface area contributed by atoms with Crippen LogP contribution in [0.15, 0.2) is 18.2 Å². The van der Waals surface area contributed by atoms with E-state index in [0.29, 0.717) is 17.4 Å². The van der Waals surface area contributed by atoms with Crippen LogP contribution in [0.3, 0.4) is 0 Å². The fourth-order valence-corrected chi connectivity index (χ4v) is 2.57. The Morgan fingerprint density at radius 2 is 2.22 bits per heavy atom. The largest absolute Gasteiger partial charge is 0.465 e. The Morgan fingerprint density at radius 3 is 2.89 bits per heavy atom. The first-order chi connectivity index (χ1) is 8.61. The van der Waals surface area contributed by atoms with Crippen molar-refractivity contribution in [1.29, 1.82) is 0 Å². The van der Waals surface area contributed by atoms with Gasteiger partial charge in [0.05, 0.1) is 12.7 Å². The summed E-state index contributed by atoms with van der Waals surface area (Å²) in [5, 5.41) is 3.31. The number of nitrogens with one attached hydrogen (secondary N) is 1. The molecule has 0 amide bonds. The SMILES string of the molecule is COC(=O)c1cc(F)cc([C@H]2CCNC[C@@H]2C)c1. The summed E-state index contributed by atoms with van der Waals surface area (Å²) in [6.07, 6.45) is 0.964. The van der Waals surface area contributed by atoms with Crippen molar-refractivity contribution >= 4 is 5.97 Å². The van der Waals surface area contributed by atoms with Gasteiger partial charge in [-0.15, -0.1) is 0 Å². The Balaban J connectivity index is 2.32. The minimum absolute atomic E-state index is 0.290. The van der Waals surface area contributed by atoms with Gasteiger partial charge >= 0.3 is 5.97 Å². The van der Waals surface area contributed by atoms with Crippen LogP contribution in [0.1, 0.15) is 35.2 Å². The number of hydrogen-bond donors (Lipinski definition) is 1. The highest BCUT2D eigenvalue weighted by Gasteiger charge is 2.24. The molecule has 2 rings (SSSR count). The molecule has 1 saturated heterocycles. The third-order valence-electron chi connectivity index (χ3n) is 3.55. The number of carbonyl (C=O) groups is 1. The standard InChI is InChI=1S/C14H18FNO2/c1-9-8-16-4-3-13(9)10-5-11(14(17)18-2)7-12(15)6-10/h5-7,9,13,16H,3-4,8H2,1-2H3/t9-,13-/m0/s1. The Labute approximate surface area is 106 Å². The van der Waals surface area contributed by atoms with Crippen molar-refractivity contribution in [3.05, 3.63) is 35.1 Å². The maximum atomic E-state index is 13.6. The topological polar surface area (TPSA) is 38.3 Å². The molecule has 1 aliphatic rings. The summed E-state index contributed by atoms with van der Waals surface area (Å²) in [4.78, 5) is 11.5. The first kappa shape index (κ1) is 13.0. The van der Waals surface area contributed by atoms with Gasteiger partial charge in [-0.2, -0.15) is 0 Å². The van der Waals surface area contributed by atoms with Crippen LogP contribution in [0.25, 0.3) is 0 Å². The molecule has 0 saturated carbocycles. The van der Waals surface area contributed by atoms with E-state index in [1.807, 2.05) is 0 Å². The van der Waals surface area contributed by atoms with Gasteiger partial charge in [0.15, 0.2) is 0 Å². The monoisotopic (exact) mass is 251 g/mol. The molecule has 1 aromatic carbocycles. The molecule has 0 unspecified atom stereocenters. The Bertz CT molecular complexity index is 447. The molecule has 18 heavy (non-hydrogen) atoms. The summed E-state index contributed by atoms with van der Waals surface area (Å²) >= 11 is 0. The highest BCUT2D eigenvalue weighted by Crippen LogP contribution is 2.31. The molecular weight excluding hydrogens is 233 g/mol. The Morgan fingerprint density at radius 1 is 1.44 bits per heavy atom. The summed E-state index contributed by atoms with van der Waals surface area (Å²) in [7, 11) is 1.31. The number of halogens is 1. The van der Waals surface area contributed by atoms with Crippen LogP contribution in [0.5, 0.6) is 0 Å². The van der Waals surface area contributed by atoms with Crippen LogP contribution in [-0.4, -0.2) is 26.2 Å². The molecule has 2 atom stereocenters. The lowest BCUT2D eigenvalue weighted by atomic mass is 9.82. The lowest BCUT2D eigenvalue weighted by Gasteiger charge is -2.30. The highest BCUT2D eigenvalue weighted by atomic mass is 19.1. The summed E-state index contributed by atoms with van der Waals surface area (Å²) in [5.74, 6) is -0.132. The number of benzene rings is 1. The van der Waals surface area contributed by atoms with Crippen molar-refractivity contribution in [3.63, 3.8) is 0 Å². The third kappa shape index (κ3) is 2.70. The number of hydrogen-bond acceptors (Lipinski definition) is 3.